The van der Waals surface area contributed by atoms with Crippen LogP contribution in [0.15, 0.2) is 41.8 Å². The summed E-state index contributed by atoms with van der Waals surface area (Å²) >= 11 is 1.83. The lowest BCUT2D eigenvalue weighted by molar-refractivity contribution is -0.143. The molecule has 1 aromatic carbocycles. The van der Waals surface area contributed by atoms with E-state index in [2.05, 4.69) is 47.5 Å². The molecule has 5 nitrogen and oxygen atoms in total. The van der Waals surface area contributed by atoms with E-state index in [0.717, 1.165) is 25.3 Å². The van der Waals surface area contributed by atoms with Crippen molar-refractivity contribution in [3.63, 3.8) is 0 Å². The van der Waals surface area contributed by atoms with E-state index < -0.39 is 0 Å². The molecule has 1 aromatic heterocycles. The van der Waals surface area contributed by atoms with E-state index in [1.165, 1.54) is 41.7 Å². The Morgan fingerprint density at radius 3 is 2.56 bits per heavy atom. The molecule has 2 aromatic rings. The van der Waals surface area contributed by atoms with Gasteiger partial charge in [-0.05, 0) is 48.3 Å². The second-order valence-electron chi connectivity index (χ2n) is 10.3. The third-order valence-electron chi connectivity index (χ3n) is 8.06. The highest BCUT2D eigenvalue weighted by Gasteiger charge is 2.34. The van der Waals surface area contributed by atoms with Crippen LogP contribution in [0.4, 0.5) is 0 Å². The van der Waals surface area contributed by atoms with Gasteiger partial charge < -0.3 is 9.80 Å². The summed E-state index contributed by atoms with van der Waals surface area (Å²) in [4.78, 5) is 34.0. The maximum Gasteiger partial charge on any atom is 0.236 e. The molecule has 0 N–H and O–H groups in total. The standard InChI is InChI=1S/C28H37N3O2S/c1-21-19-29(16-17-31(21)26(32)12-11-22-7-5-6-8-22)27(33)20-30-15-13-25-24(14-18-34-25)28(30)23-9-3-2-4-10-23/h2-4,9-10,14,18,21-22,28H,5-8,11-13,15-17,19-20H2,1H3/t21-,28-/m1/s1. The van der Waals surface area contributed by atoms with E-state index in [1.54, 1.807) is 0 Å². The first kappa shape index (κ1) is 23.6. The zero-order chi connectivity index (χ0) is 23.5. The number of piperazine rings is 1. The topological polar surface area (TPSA) is 43.9 Å². The van der Waals surface area contributed by atoms with Crippen molar-refractivity contribution >= 4 is 23.2 Å². The first-order valence-corrected chi connectivity index (χ1v) is 13.9. The van der Waals surface area contributed by atoms with Gasteiger partial charge in [0.25, 0.3) is 0 Å². The summed E-state index contributed by atoms with van der Waals surface area (Å²) in [7, 11) is 0. The Morgan fingerprint density at radius 2 is 1.79 bits per heavy atom. The molecule has 1 aliphatic carbocycles. The van der Waals surface area contributed by atoms with E-state index in [0.29, 0.717) is 32.6 Å². The number of fused-ring (bicyclic) bond motifs is 1. The van der Waals surface area contributed by atoms with E-state index >= 15 is 0 Å². The highest BCUT2D eigenvalue weighted by molar-refractivity contribution is 7.10. The Bertz CT molecular complexity index is 985. The lowest BCUT2D eigenvalue weighted by Gasteiger charge is -2.42. The summed E-state index contributed by atoms with van der Waals surface area (Å²) in [6.07, 6.45) is 7.93. The van der Waals surface area contributed by atoms with Gasteiger partial charge in [0, 0.05) is 43.5 Å². The Labute approximate surface area is 207 Å². The lowest BCUT2D eigenvalue weighted by atomic mass is 9.93. The fourth-order valence-corrected chi connectivity index (χ4v) is 7.07. The van der Waals surface area contributed by atoms with E-state index in [9.17, 15) is 9.59 Å². The number of carbonyl (C=O) groups excluding carboxylic acids is 2. The number of amides is 2. The predicted molar refractivity (Wildman–Crippen MR) is 137 cm³/mol. The third-order valence-corrected chi connectivity index (χ3v) is 9.06. The molecule has 1 saturated carbocycles. The fraction of sp³-hybridized carbons (Fsp3) is 0.571. The summed E-state index contributed by atoms with van der Waals surface area (Å²) in [5, 5.41) is 2.18. The number of rotatable bonds is 6. The Hall–Kier alpha value is -2.18. The van der Waals surface area contributed by atoms with Crippen LogP contribution >= 0.6 is 11.3 Å². The van der Waals surface area contributed by atoms with Gasteiger partial charge in [-0.1, -0.05) is 56.0 Å². The van der Waals surface area contributed by atoms with Crippen LogP contribution in [0.2, 0.25) is 0 Å². The molecule has 0 bridgehead atoms. The first-order valence-electron chi connectivity index (χ1n) is 13.0. The van der Waals surface area contributed by atoms with Crippen molar-refractivity contribution in [1.82, 2.24) is 14.7 Å². The molecule has 0 unspecified atom stereocenters. The Kier molecular flexibility index (Phi) is 7.35. The van der Waals surface area contributed by atoms with Crippen LogP contribution in [0.25, 0.3) is 0 Å². The maximum atomic E-state index is 13.4. The molecule has 182 valence electrons. The second kappa shape index (κ2) is 10.6. The maximum absolute atomic E-state index is 13.4. The van der Waals surface area contributed by atoms with Gasteiger partial charge in [0.1, 0.15) is 0 Å². The number of benzene rings is 1. The molecule has 2 fully saturated rings. The summed E-state index contributed by atoms with van der Waals surface area (Å²) in [5.74, 6) is 1.20. The van der Waals surface area contributed by atoms with Crippen LogP contribution < -0.4 is 0 Å². The van der Waals surface area contributed by atoms with E-state index in [-0.39, 0.29) is 23.9 Å². The van der Waals surface area contributed by atoms with E-state index in [4.69, 9.17) is 0 Å². The van der Waals surface area contributed by atoms with Gasteiger partial charge >= 0.3 is 0 Å². The summed E-state index contributed by atoms with van der Waals surface area (Å²) in [6, 6.07) is 13.0. The van der Waals surface area contributed by atoms with Gasteiger partial charge in [-0.2, -0.15) is 0 Å². The number of hydrogen-bond donors (Lipinski definition) is 0. The number of hydrogen-bond acceptors (Lipinski definition) is 4. The minimum absolute atomic E-state index is 0.0866. The predicted octanol–water partition coefficient (Wildman–Crippen LogP) is 4.73. The van der Waals surface area contributed by atoms with Gasteiger partial charge in [-0.3, -0.25) is 14.5 Å². The van der Waals surface area contributed by atoms with Gasteiger partial charge in [-0.25, -0.2) is 0 Å². The Balaban J connectivity index is 1.19. The molecule has 5 rings (SSSR count). The van der Waals surface area contributed by atoms with Gasteiger partial charge in [0.15, 0.2) is 0 Å². The summed E-state index contributed by atoms with van der Waals surface area (Å²) in [6.45, 7) is 5.37. The van der Waals surface area contributed by atoms with Crippen molar-refractivity contribution in [2.24, 2.45) is 5.92 Å². The van der Waals surface area contributed by atoms with Crippen LogP contribution in [0, 0.1) is 5.92 Å². The van der Waals surface area contributed by atoms with Crippen molar-refractivity contribution in [3.8, 4) is 0 Å². The molecule has 2 atom stereocenters. The zero-order valence-electron chi connectivity index (χ0n) is 20.3. The van der Waals surface area contributed by atoms with Crippen molar-refractivity contribution in [3.05, 3.63) is 57.8 Å². The normalized spacial score (nSPS) is 23.8. The average Bonchev–Trinajstić information content (AvgIpc) is 3.55. The second-order valence-corrected chi connectivity index (χ2v) is 11.3. The number of thiophene rings is 1. The molecule has 6 heteroatoms. The van der Waals surface area contributed by atoms with Gasteiger partial charge in [0.05, 0.1) is 12.6 Å². The molecule has 2 amide bonds. The molecule has 0 radical (unpaired) electrons. The first-order chi connectivity index (χ1) is 16.6. The molecular weight excluding hydrogens is 442 g/mol. The number of nitrogens with zero attached hydrogens (tertiary/aromatic N) is 3. The van der Waals surface area contributed by atoms with Crippen LogP contribution in [0.3, 0.4) is 0 Å². The van der Waals surface area contributed by atoms with Crippen molar-refractivity contribution < 1.29 is 9.59 Å². The highest BCUT2D eigenvalue weighted by Crippen LogP contribution is 2.37. The van der Waals surface area contributed by atoms with Crippen molar-refractivity contribution in [1.29, 1.82) is 0 Å². The van der Waals surface area contributed by atoms with Crippen LogP contribution in [-0.4, -0.2) is 65.3 Å². The molecule has 3 aliphatic rings. The fourth-order valence-electron chi connectivity index (χ4n) is 6.16. The molecular formula is C28H37N3O2S. The average molecular weight is 480 g/mol. The minimum Gasteiger partial charge on any atom is -0.338 e. The summed E-state index contributed by atoms with van der Waals surface area (Å²) < 4.78 is 0. The molecule has 0 spiro atoms. The SMILES string of the molecule is C[C@@H]1CN(C(=O)CN2CCc3sccc3[C@H]2c2ccccc2)CCN1C(=O)CCC1CCCC1. The van der Waals surface area contributed by atoms with Crippen LogP contribution in [-0.2, 0) is 16.0 Å². The quantitative estimate of drug-likeness (QED) is 0.602. The Morgan fingerprint density at radius 1 is 1.00 bits per heavy atom. The monoisotopic (exact) mass is 479 g/mol. The van der Waals surface area contributed by atoms with Gasteiger partial charge in [0.2, 0.25) is 11.8 Å². The van der Waals surface area contributed by atoms with Crippen LogP contribution in [0.5, 0.6) is 0 Å². The van der Waals surface area contributed by atoms with E-state index in [1.807, 2.05) is 27.2 Å². The summed E-state index contributed by atoms with van der Waals surface area (Å²) in [5.41, 5.74) is 2.60. The van der Waals surface area contributed by atoms with Crippen molar-refractivity contribution in [2.45, 2.75) is 64.0 Å². The third kappa shape index (κ3) is 5.08. The molecule has 3 heterocycles. The smallest absolute Gasteiger partial charge is 0.236 e. The van der Waals surface area contributed by atoms with Crippen molar-refractivity contribution in [2.75, 3.05) is 32.7 Å². The largest absolute Gasteiger partial charge is 0.338 e. The zero-order valence-corrected chi connectivity index (χ0v) is 21.1. The number of carbonyl (C=O) groups is 2. The minimum atomic E-state index is 0.0866. The lowest BCUT2D eigenvalue weighted by Crippen LogP contribution is -2.57. The molecule has 1 saturated heterocycles. The highest BCUT2D eigenvalue weighted by atomic mass is 32.1. The molecule has 2 aliphatic heterocycles. The van der Waals surface area contributed by atoms with Gasteiger partial charge in [-0.15, -0.1) is 11.3 Å². The molecule has 34 heavy (non-hydrogen) atoms. The van der Waals surface area contributed by atoms with Crippen LogP contribution in [0.1, 0.15) is 67.5 Å².